The fourth-order valence-electron chi connectivity index (χ4n) is 12.3. The van der Waals surface area contributed by atoms with Gasteiger partial charge in [0.1, 0.15) is 30.4 Å². The number of anilines is 3. The Labute approximate surface area is 469 Å². The van der Waals surface area contributed by atoms with Gasteiger partial charge in [-0.2, -0.15) is 5.26 Å². The Hall–Kier alpha value is -7.38. The van der Waals surface area contributed by atoms with E-state index in [2.05, 4.69) is 63.5 Å². The first-order chi connectivity index (χ1) is 38.8. The van der Waals surface area contributed by atoms with Gasteiger partial charge in [-0.05, 0) is 85.5 Å². The molecule has 4 aliphatic heterocycles. The maximum absolute atomic E-state index is 14.4. The number of thiazole rings is 1. The number of aromatic nitrogens is 5. The number of piperazine rings is 1. The molecule has 21 heteroatoms. The van der Waals surface area contributed by atoms with Crippen LogP contribution in [0.4, 0.5) is 17.2 Å². The van der Waals surface area contributed by atoms with Gasteiger partial charge in [0, 0.05) is 107 Å². The Morgan fingerprint density at radius 2 is 1.70 bits per heavy atom. The summed E-state index contributed by atoms with van der Waals surface area (Å²) in [5, 5.41) is 46.6. The molecule has 1 aliphatic carbocycles. The van der Waals surface area contributed by atoms with Gasteiger partial charge < -0.3 is 54.7 Å². The van der Waals surface area contributed by atoms with Gasteiger partial charge >= 0.3 is 0 Å². The van der Waals surface area contributed by atoms with Crippen molar-refractivity contribution in [1.29, 1.82) is 5.26 Å². The number of carbonyl (C=O) groups is 2. The summed E-state index contributed by atoms with van der Waals surface area (Å²) in [6, 6.07) is 24.1. The number of nitriles is 1. The molecule has 2 bridgehead atoms. The van der Waals surface area contributed by atoms with Crippen LogP contribution >= 0.6 is 11.3 Å². The number of nitrogens with zero attached hydrogens (tertiary/aromatic N) is 10. The number of carbonyl (C=O) groups excluding carboxylic acids is 2. The van der Waals surface area contributed by atoms with Gasteiger partial charge in [-0.25, -0.2) is 9.97 Å². The Morgan fingerprint density at radius 3 is 2.42 bits per heavy atom. The molecule has 6 atom stereocenters. The highest BCUT2D eigenvalue weighted by atomic mass is 32.1. The molecule has 4 saturated heterocycles. The number of hydrogen-bond acceptors (Lipinski definition) is 19. The summed E-state index contributed by atoms with van der Waals surface area (Å²) in [5.41, 5.74) is 14.2. The quantitative estimate of drug-likeness (QED) is 0.0579. The van der Waals surface area contributed by atoms with Gasteiger partial charge in [0.25, 0.3) is 5.88 Å². The van der Waals surface area contributed by atoms with Gasteiger partial charge in [0.2, 0.25) is 17.7 Å². The molecule has 4 aromatic heterocycles. The molecule has 5 fully saturated rings. The number of amides is 2. The summed E-state index contributed by atoms with van der Waals surface area (Å²) in [7, 11) is 0. The third-order valence-corrected chi connectivity index (χ3v) is 17.5. The molecule has 80 heavy (non-hydrogen) atoms. The smallest absolute Gasteiger partial charge is 0.254 e. The first-order valence-electron chi connectivity index (χ1n) is 28.1. The molecule has 20 nitrogen and oxygen atoms in total. The summed E-state index contributed by atoms with van der Waals surface area (Å²) in [5.74, 6) is 0.0783. The number of likely N-dealkylation sites (tertiary alicyclic amines) is 2. The van der Waals surface area contributed by atoms with Gasteiger partial charge in [-0.1, -0.05) is 50.2 Å². The van der Waals surface area contributed by atoms with E-state index in [0.29, 0.717) is 48.3 Å². The number of rotatable bonds is 20. The lowest BCUT2D eigenvalue weighted by Gasteiger charge is -2.43. The number of aliphatic hydroxyl groups is 1. The fourth-order valence-corrected chi connectivity index (χ4v) is 13.1. The van der Waals surface area contributed by atoms with Crippen LogP contribution in [0, 0.1) is 24.2 Å². The lowest BCUT2D eigenvalue weighted by Crippen LogP contribution is -2.54. The molecule has 1 unspecified atom stereocenters. The SMILES string of the molecule is Cc1ncsc1-c1ccc([C@H](CCC#N)NC(=O)[C@@H]2C[C@@H](O)CN2C(=O)[C@@H](c2cc(OCCN3CCC(OC4CC(Oc5cc(N6C7CC[C@@H]6CN(c6cc(-c8ccccc8O)nnc6N)C7)ccn5)C4)CC3)no2)C(C)C)cc1. The topological polar surface area (TPSA) is 255 Å². The summed E-state index contributed by atoms with van der Waals surface area (Å²) >= 11 is 1.56. The average Bonchev–Trinajstić information content (AvgIpc) is 4.32. The summed E-state index contributed by atoms with van der Waals surface area (Å²) in [6.07, 6.45) is 7.64. The standard InChI is InChI=1S/C59H70N12O8S/c1-35(2)55(59(75)70-33-42(72)26-50(70)58(74)64-47(8-6-19-60)37-10-12-38(13-11-37)56-36(3)63-34-80-56)52-30-54(67-79-52)76-24-23-68-21-17-43(18-22-68)77-44-27-45(28-44)78-53-25-39(16-20-62-53)71-40-14-15-41(71)32-69(31-40)49-29-48(65-66-57(49)61)46-7-4-5-9-51(46)73/h4-5,7,9-13,16,20,25,29-30,34-35,40-45,47,50,55,72-73H,6,8,14-15,17-18,21-24,26-28,31-33H2,1-3H3,(H2,61,66)(H,64,74)/t40-,41?,42-,44?,45?,47+,50+,55-/m1/s1. The normalized spacial score (nSPS) is 22.9. The number of fused-ring (bicyclic) bond motifs is 2. The number of phenolic OH excluding ortho intramolecular Hbond substituents is 1. The van der Waals surface area contributed by atoms with Crippen molar-refractivity contribution in [3.05, 3.63) is 102 Å². The van der Waals surface area contributed by atoms with Crippen LogP contribution < -0.4 is 30.3 Å². The van der Waals surface area contributed by atoms with Crippen LogP contribution in [0.15, 0.2) is 89.0 Å². The molecule has 8 heterocycles. The molecule has 6 aromatic rings. The molecule has 0 radical (unpaired) electrons. The molecule has 5 aliphatic rings. The maximum Gasteiger partial charge on any atom is 0.254 e. The van der Waals surface area contributed by atoms with Crippen LogP contribution in [0.5, 0.6) is 17.5 Å². The van der Waals surface area contributed by atoms with Crippen molar-refractivity contribution in [1.82, 2.24) is 40.4 Å². The number of aromatic hydroxyl groups is 1. The number of nitrogen functional groups attached to an aromatic ring is 1. The van der Waals surface area contributed by atoms with Gasteiger partial charge in [-0.15, -0.1) is 21.5 Å². The Kier molecular flexibility index (Phi) is 16.5. The van der Waals surface area contributed by atoms with Crippen LogP contribution in [0.1, 0.15) is 101 Å². The van der Waals surface area contributed by atoms with Crippen LogP contribution in [-0.4, -0.2) is 146 Å². The number of aryl methyl sites for hydroxylation is 1. The van der Waals surface area contributed by atoms with E-state index in [4.69, 9.17) is 24.5 Å². The van der Waals surface area contributed by atoms with E-state index in [1.54, 1.807) is 29.5 Å². The lowest BCUT2D eigenvalue weighted by molar-refractivity contribution is -0.141. The van der Waals surface area contributed by atoms with Crippen LogP contribution in [-0.2, 0) is 14.3 Å². The zero-order chi connectivity index (χ0) is 55.4. The monoisotopic (exact) mass is 1110 g/mol. The number of benzene rings is 2. The first kappa shape index (κ1) is 54.6. The fraction of sp³-hybridized carbons (Fsp3) is 0.492. The van der Waals surface area contributed by atoms with E-state index < -0.39 is 24.1 Å². The second kappa shape index (κ2) is 24.1. The summed E-state index contributed by atoms with van der Waals surface area (Å²) in [6.45, 7) is 10.2. The number of aliphatic hydroxyl groups excluding tert-OH is 1. The molecule has 11 rings (SSSR count). The predicted octanol–water partition coefficient (Wildman–Crippen LogP) is 7.44. The molecule has 0 spiro atoms. The number of phenols is 1. The number of hydrogen-bond donors (Lipinski definition) is 4. The Morgan fingerprint density at radius 1 is 0.925 bits per heavy atom. The third kappa shape index (κ3) is 12.0. The molecule has 420 valence electrons. The van der Waals surface area contributed by atoms with Crippen LogP contribution in [0.25, 0.3) is 21.7 Å². The van der Waals surface area contributed by atoms with Crippen LogP contribution in [0.2, 0.25) is 0 Å². The number of piperidine rings is 1. The highest BCUT2D eigenvalue weighted by Gasteiger charge is 2.45. The first-order valence-corrected chi connectivity index (χ1v) is 28.9. The Bertz CT molecular complexity index is 3140. The van der Waals surface area contributed by atoms with Crippen molar-refractivity contribution in [3.63, 3.8) is 0 Å². The number of ether oxygens (including phenoxy) is 3. The highest BCUT2D eigenvalue weighted by Crippen LogP contribution is 2.41. The van der Waals surface area contributed by atoms with E-state index in [1.165, 1.54) is 4.90 Å². The van der Waals surface area contributed by atoms with E-state index in [1.807, 2.05) is 74.9 Å². The third-order valence-electron chi connectivity index (χ3n) is 16.5. The molecule has 2 amide bonds. The average molecular weight is 1110 g/mol. The Balaban J connectivity index is 0.609. The van der Waals surface area contributed by atoms with E-state index in [0.717, 1.165) is 97.8 Å². The van der Waals surface area contributed by atoms with Gasteiger partial charge in [-0.3, -0.25) is 14.5 Å². The minimum Gasteiger partial charge on any atom is -0.507 e. The number of β-amino-alcohol motifs (C(OH)–C–C–N with tert-alkyl or cyclic N) is 1. The largest absolute Gasteiger partial charge is 0.507 e. The van der Waals surface area contributed by atoms with Crippen molar-refractivity contribution >= 4 is 40.3 Å². The number of pyridine rings is 1. The highest BCUT2D eigenvalue weighted by molar-refractivity contribution is 7.13. The van der Waals surface area contributed by atoms with Crippen LogP contribution in [0.3, 0.4) is 0 Å². The predicted molar refractivity (Wildman–Crippen MR) is 301 cm³/mol. The molecule has 2 aromatic carbocycles. The van der Waals surface area contributed by atoms with Crippen molar-refractivity contribution in [3.8, 4) is 45.3 Å². The maximum atomic E-state index is 14.4. The summed E-state index contributed by atoms with van der Waals surface area (Å²) in [4.78, 5) is 47.1. The lowest BCUT2D eigenvalue weighted by atomic mass is 9.91. The molecular weight excluding hydrogens is 1040 g/mol. The van der Waals surface area contributed by atoms with Crippen molar-refractivity contribution in [2.24, 2.45) is 5.92 Å². The van der Waals surface area contributed by atoms with E-state index in [9.17, 15) is 25.1 Å². The second-order valence-electron chi connectivity index (χ2n) is 22.3. The number of nitrogens with two attached hydrogens (primary N) is 1. The van der Waals surface area contributed by atoms with Gasteiger partial charge in [0.05, 0.1) is 57.9 Å². The molecule has 5 N–H and O–H groups in total. The number of para-hydroxylation sites is 1. The van der Waals surface area contributed by atoms with Gasteiger partial charge in [0.15, 0.2) is 11.6 Å². The molecule has 1 saturated carbocycles. The number of nitrogens with one attached hydrogen (secondary N) is 1. The zero-order valence-corrected chi connectivity index (χ0v) is 46.3. The van der Waals surface area contributed by atoms with Crippen molar-refractivity contribution < 1.29 is 38.5 Å². The second-order valence-corrected chi connectivity index (χ2v) is 23.1. The minimum absolute atomic E-state index is 0.00570. The zero-order valence-electron chi connectivity index (χ0n) is 45.5. The van der Waals surface area contributed by atoms with Crippen molar-refractivity contribution in [2.45, 2.75) is 133 Å². The summed E-state index contributed by atoms with van der Waals surface area (Å²) < 4.78 is 24.8. The molecular formula is C59H70N12O8S. The van der Waals surface area contributed by atoms with E-state index >= 15 is 0 Å². The minimum atomic E-state index is -0.911. The van der Waals surface area contributed by atoms with Crippen molar-refractivity contribution in [2.75, 3.05) is 61.4 Å². The van der Waals surface area contributed by atoms with E-state index in [-0.39, 0.29) is 79.1 Å².